The number of hydrogen-bond donors (Lipinski definition) is 2. The number of carbonyl (C=O) groups excluding carboxylic acids is 2. The van der Waals surface area contributed by atoms with Gasteiger partial charge in [0.2, 0.25) is 11.8 Å². The molecule has 20 heavy (non-hydrogen) atoms. The van der Waals surface area contributed by atoms with Gasteiger partial charge in [-0.15, -0.1) is 0 Å². The summed E-state index contributed by atoms with van der Waals surface area (Å²) in [5.74, 6) is -0.809. The summed E-state index contributed by atoms with van der Waals surface area (Å²) in [6, 6.07) is 10.9. The van der Waals surface area contributed by atoms with Crippen molar-refractivity contribution in [3.8, 4) is 0 Å². The average molecular weight is 288 g/mol. The number of thiophene rings is 1. The van der Waals surface area contributed by atoms with Crippen molar-refractivity contribution >= 4 is 23.2 Å². The summed E-state index contributed by atoms with van der Waals surface area (Å²) in [4.78, 5) is 23.9. The normalized spacial score (nSPS) is 13.4. The van der Waals surface area contributed by atoms with E-state index in [4.69, 9.17) is 5.73 Å². The lowest BCUT2D eigenvalue weighted by Gasteiger charge is -2.28. The predicted octanol–water partition coefficient (Wildman–Crippen LogP) is 1.81. The van der Waals surface area contributed by atoms with E-state index in [0.717, 1.165) is 5.56 Å². The Morgan fingerprint density at radius 2 is 1.95 bits per heavy atom. The largest absolute Gasteiger partial charge is 0.367 e. The van der Waals surface area contributed by atoms with Gasteiger partial charge in [0.15, 0.2) is 0 Å². The third-order valence-electron chi connectivity index (χ3n) is 3.18. The van der Waals surface area contributed by atoms with Gasteiger partial charge in [0.05, 0.1) is 6.42 Å². The monoisotopic (exact) mass is 288 g/mol. The van der Waals surface area contributed by atoms with Crippen molar-refractivity contribution in [1.82, 2.24) is 5.32 Å². The molecule has 1 atom stereocenters. The fraction of sp³-hybridized carbons (Fsp3) is 0.200. The molecule has 0 radical (unpaired) electrons. The molecule has 3 N–H and O–H groups in total. The van der Waals surface area contributed by atoms with Gasteiger partial charge in [-0.2, -0.15) is 11.3 Å². The fourth-order valence-corrected chi connectivity index (χ4v) is 2.62. The minimum atomic E-state index is -1.20. The average Bonchev–Trinajstić information content (AvgIpc) is 2.92. The van der Waals surface area contributed by atoms with Gasteiger partial charge in [-0.25, -0.2) is 0 Å². The van der Waals surface area contributed by atoms with E-state index >= 15 is 0 Å². The number of hydrogen-bond acceptors (Lipinski definition) is 3. The minimum absolute atomic E-state index is 0.228. The number of carbonyl (C=O) groups is 2. The van der Waals surface area contributed by atoms with Gasteiger partial charge < -0.3 is 11.1 Å². The Bertz CT molecular complexity index is 596. The zero-order chi connectivity index (χ0) is 14.6. The molecule has 1 aromatic heterocycles. The second kappa shape index (κ2) is 5.88. The lowest BCUT2D eigenvalue weighted by molar-refractivity contribution is -0.131. The number of nitrogens with two attached hydrogens (primary N) is 1. The van der Waals surface area contributed by atoms with Crippen LogP contribution < -0.4 is 11.1 Å². The van der Waals surface area contributed by atoms with Crippen molar-refractivity contribution in [2.24, 2.45) is 5.73 Å². The van der Waals surface area contributed by atoms with Crippen LogP contribution >= 0.6 is 11.3 Å². The molecule has 0 bridgehead atoms. The van der Waals surface area contributed by atoms with E-state index in [9.17, 15) is 9.59 Å². The van der Waals surface area contributed by atoms with Crippen molar-refractivity contribution in [3.05, 3.63) is 58.3 Å². The summed E-state index contributed by atoms with van der Waals surface area (Å²) in [7, 11) is 0. The van der Waals surface area contributed by atoms with Crippen molar-refractivity contribution in [3.63, 3.8) is 0 Å². The van der Waals surface area contributed by atoms with Gasteiger partial charge in [-0.3, -0.25) is 9.59 Å². The fourth-order valence-electron chi connectivity index (χ4n) is 1.95. The highest BCUT2D eigenvalue weighted by molar-refractivity contribution is 7.08. The lowest BCUT2D eigenvalue weighted by atomic mass is 9.91. The van der Waals surface area contributed by atoms with Crippen LogP contribution in [0.2, 0.25) is 0 Å². The summed E-state index contributed by atoms with van der Waals surface area (Å²) in [5, 5.41) is 6.55. The van der Waals surface area contributed by atoms with Crippen LogP contribution in [0.3, 0.4) is 0 Å². The maximum absolute atomic E-state index is 12.1. The summed E-state index contributed by atoms with van der Waals surface area (Å²) >= 11 is 1.53. The van der Waals surface area contributed by atoms with Gasteiger partial charge in [0, 0.05) is 0 Å². The first-order chi connectivity index (χ1) is 9.52. The quantitative estimate of drug-likeness (QED) is 0.880. The van der Waals surface area contributed by atoms with Gasteiger partial charge in [0.1, 0.15) is 5.54 Å². The van der Waals surface area contributed by atoms with E-state index in [0.29, 0.717) is 5.56 Å². The van der Waals surface area contributed by atoms with Crippen LogP contribution in [0.4, 0.5) is 0 Å². The highest BCUT2D eigenvalue weighted by atomic mass is 32.1. The van der Waals surface area contributed by atoms with Crippen LogP contribution in [-0.4, -0.2) is 11.8 Å². The Kier molecular flexibility index (Phi) is 4.20. The van der Waals surface area contributed by atoms with Crippen molar-refractivity contribution < 1.29 is 9.59 Å². The Morgan fingerprint density at radius 3 is 2.50 bits per heavy atom. The Hall–Kier alpha value is -2.14. The molecule has 0 aliphatic rings. The van der Waals surface area contributed by atoms with Crippen molar-refractivity contribution in [2.45, 2.75) is 18.9 Å². The van der Waals surface area contributed by atoms with E-state index < -0.39 is 11.4 Å². The van der Waals surface area contributed by atoms with Gasteiger partial charge in [-0.05, 0) is 34.9 Å². The Labute approximate surface area is 121 Å². The standard InChI is InChI=1S/C15H16N2O2S/c1-15(14(16)19,12-5-3-2-4-6-12)17-13(18)9-11-7-8-20-10-11/h2-8,10H,9H2,1H3,(H2,16,19)(H,17,18). The number of nitrogens with one attached hydrogen (secondary N) is 1. The highest BCUT2D eigenvalue weighted by Gasteiger charge is 2.34. The molecule has 4 nitrogen and oxygen atoms in total. The molecule has 0 aliphatic carbocycles. The van der Waals surface area contributed by atoms with E-state index in [2.05, 4.69) is 5.32 Å². The molecule has 0 fully saturated rings. The molecule has 0 aliphatic heterocycles. The molecule has 1 unspecified atom stereocenters. The van der Waals surface area contributed by atoms with Crippen LogP contribution in [0.25, 0.3) is 0 Å². The van der Waals surface area contributed by atoms with Gasteiger partial charge >= 0.3 is 0 Å². The molecule has 0 saturated heterocycles. The zero-order valence-electron chi connectivity index (χ0n) is 11.1. The first-order valence-corrected chi connectivity index (χ1v) is 7.14. The summed E-state index contributed by atoms with van der Waals surface area (Å²) in [6.45, 7) is 1.62. The summed E-state index contributed by atoms with van der Waals surface area (Å²) in [5.41, 5.74) is 5.87. The summed E-state index contributed by atoms with van der Waals surface area (Å²) in [6.07, 6.45) is 0.235. The van der Waals surface area contributed by atoms with E-state index in [1.54, 1.807) is 19.1 Å². The van der Waals surface area contributed by atoms with Crippen LogP contribution in [0, 0.1) is 0 Å². The first-order valence-electron chi connectivity index (χ1n) is 6.20. The third-order valence-corrected chi connectivity index (χ3v) is 3.91. The second-order valence-electron chi connectivity index (χ2n) is 4.71. The first kappa shape index (κ1) is 14.3. The molecule has 2 amide bonds. The molecular weight excluding hydrogens is 272 g/mol. The third kappa shape index (κ3) is 3.05. The maximum Gasteiger partial charge on any atom is 0.247 e. The van der Waals surface area contributed by atoms with Crippen LogP contribution in [0.5, 0.6) is 0 Å². The predicted molar refractivity (Wildman–Crippen MR) is 79.2 cm³/mol. The smallest absolute Gasteiger partial charge is 0.247 e. The molecule has 5 heteroatoms. The molecule has 2 rings (SSSR count). The molecule has 0 saturated carbocycles. The second-order valence-corrected chi connectivity index (χ2v) is 5.49. The van der Waals surface area contributed by atoms with E-state index in [1.165, 1.54) is 11.3 Å². The summed E-state index contributed by atoms with van der Waals surface area (Å²) < 4.78 is 0. The molecular formula is C15H16N2O2S. The van der Waals surface area contributed by atoms with Gasteiger partial charge in [-0.1, -0.05) is 30.3 Å². The SMILES string of the molecule is CC(NC(=O)Cc1ccsc1)(C(N)=O)c1ccccc1. The Morgan fingerprint density at radius 1 is 1.25 bits per heavy atom. The number of benzene rings is 1. The van der Waals surface area contributed by atoms with Crippen LogP contribution in [0.15, 0.2) is 47.2 Å². The Balaban J connectivity index is 2.18. The lowest BCUT2D eigenvalue weighted by Crippen LogP contribution is -2.53. The highest BCUT2D eigenvalue weighted by Crippen LogP contribution is 2.20. The number of primary amides is 1. The molecule has 1 heterocycles. The molecule has 0 spiro atoms. The van der Waals surface area contributed by atoms with E-state index in [1.807, 2.05) is 35.0 Å². The van der Waals surface area contributed by atoms with Crippen LogP contribution in [0.1, 0.15) is 18.1 Å². The maximum atomic E-state index is 12.1. The van der Waals surface area contributed by atoms with Crippen LogP contribution in [-0.2, 0) is 21.5 Å². The van der Waals surface area contributed by atoms with Crippen molar-refractivity contribution in [2.75, 3.05) is 0 Å². The zero-order valence-corrected chi connectivity index (χ0v) is 11.9. The minimum Gasteiger partial charge on any atom is -0.367 e. The molecule has 104 valence electrons. The number of amides is 2. The van der Waals surface area contributed by atoms with Crippen molar-refractivity contribution in [1.29, 1.82) is 0 Å². The number of rotatable bonds is 5. The molecule has 1 aromatic carbocycles. The topological polar surface area (TPSA) is 72.2 Å². The van der Waals surface area contributed by atoms with Gasteiger partial charge in [0.25, 0.3) is 0 Å². The molecule has 2 aromatic rings. The van der Waals surface area contributed by atoms with E-state index in [-0.39, 0.29) is 12.3 Å².